The maximum Gasteiger partial charge on any atom is 0.267 e. The summed E-state index contributed by atoms with van der Waals surface area (Å²) in [6, 6.07) is 14.9. The molecule has 33 heavy (non-hydrogen) atoms. The Morgan fingerprint density at radius 1 is 1.06 bits per heavy atom. The summed E-state index contributed by atoms with van der Waals surface area (Å²) < 4.78 is 22.9. The molecule has 1 N–H and O–H groups in total. The lowest BCUT2D eigenvalue weighted by Crippen LogP contribution is -2.38. The maximum atomic E-state index is 12.6. The molecule has 2 heterocycles. The fraction of sp³-hybridized carbons (Fsp3) is 0.292. The van der Waals surface area contributed by atoms with E-state index in [9.17, 15) is 9.59 Å². The van der Waals surface area contributed by atoms with Gasteiger partial charge in [-0.1, -0.05) is 0 Å². The topological polar surface area (TPSA) is 101 Å². The van der Waals surface area contributed by atoms with E-state index in [1.54, 1.807) is 37.3 Å². The molecule has 9 heteroatoms. The van der Waals surface area contributed by atoms with Gasteiger partial charge >= 0.3 is 0 Å². The largest absolute Gasteiger partial charge is 0.494 e. The number of fused-ring (bicyclic) bond motifs is 1. The van der Waals surface area contributed by atoms with Crippen LogP contribution in [0, 0.1) is 0 Å². The van der Waals surface area contributed by atoms with E-state index in [2.05, 4.69) is 10.4 Å². The summed E-state index contributed by atoms with van der Waals surface area (Å²) in [7, 11) is 0. The van der Waals surface area contributed by atoms with Crippen LogP contribution in [0.3, 0.4) is 0 Å². The molecule has 9 nitrogen and oxygen atoms in total. The van der Waals surface area contributed by atoms with Gasteiger partial charge in [-0.3, -0.25) is 9.59 Å². The molecule has 2 aromatic carbocycles. The van der Waals surface area contributed by atoms with Gasteiger partial charge in [0.05, 0.1) is 18.8 Å². The van der Waals surface area contributed by atoms with Gasteiger partial charge in [-0.2, -0.15) is 5.10 Å². The standard InChI is InChI=1S/C24H25N3O6/c1-3-30-18-5-7-19(8-6-18)31-13-12-25-24(29)16(2)27-23(28)11-9-20(26-27)17-4-10-21-22(14-17)33-15-32-21/h4-11,14,16H,3,12-13,15H2,1-2H3,(H,25,29). The van der Waals surface area contributed by atoms with Crippen molar-refractivity contribution in [1.29, 1.82) is 0 Å². The zero-order chi connectivity index (χ0) is 23.2. The van der Waals surface area contributed by atoms with Gasteiger partial charge in [-0.25, -0.2) is 4.68 Å². The predicted molar refractivity (Wildman–Crippen MR) is 121 cm³/mol. The molecule has 4 rings (SSSR count). The van der Waals surface area contributed by atoms with Crippen molar-refractivity contribution in [2.75, 3.05) is 26.6 Å². The molecule has 172 valence electrons. The molecule has 1 atom stereocenters. The van der Waals surface area contributed by atoms with Gasteiger partial charge in [0.15, 0.2) is 11.5 Å². The molecule has 3 aromatic rings. The fourth-order valence-corrected chi connectivity index (χ4v) is 3.31. The number of aromatic nitrogens is 2. The average Bonchev–Trinajstić information content (AvgIpc) is 3.31. The molecule has 0 saturated carbocycles. The summed E-state index contributed by atoms with van der Waals surface area (Å²) in [4.78, 5) is 25.0. The summed E-state index contributed by atoms with van der Waals surface area (Å²) in [5, 5.41) is 7.17. The van der Waals surface area contributed by atoms with Crippen LogP contribution in [-0.2, 0) is 4.79 Å². The third kappa shape index (κ3) is 5.25. The SMILES string of the molecule is CCOc1ccc(OCCNC(=O)C(C)n2nc(-c3ccc4c(c3)OCO4)ccc2=O)cc1. The van der Waals surface area contributed by atoms with E-state index in [1.165, 1.54) is 10.7 Å². The van der Waals surface area contributed by atoms with Crippen molar-refractivity contribution in [3.05, 3.63) is 65.0 Å². The van der Waals surface area contributed by atoms with Crippen LogP contribution in [0.1, 0.15) is 19.9 Å². The lowest BCUT2D eigenvalue weighted by Gasteiger charge is -2.15. The second kappa shape index (κ2) is 10.1. The number of rotatable bonds is 9. The van der Waals surface area contributed by atoms with Gasteiger partial charge in [0.1, 0.15) is 24.1 Å². The fourth-order valence-electron chi connectivity index (χ4n) is 3.31. The Balaban J connectivity index is 1.35. The van der Waals surface area contributed by atoms with Gasteiger partial charge in [-0.05, 0) is 62.4 Å². The van der Waals surface area contributed by atoms with E-state index in [4.69, 9.17) is 18.9 Å². The molecular weight excluding hydrogens is 426 g/mol. The predicted octanol–water partition coefficient (Wildman–Crippen LogP) is 2.79. The molecule has 1 aliphatic rings. The van der Waals surface area contributed by atoms with E-state index in [0.717, 1.165) is 11.3 Å². The Morgan fingerprint density at radius 3 is 2.55 bits per heavy atom. The Morgan fingerprint density at radius 2 is 1.79 bits per heavy atom. The minimum Gasteiger partial charge on any atom is -0.494 e. The van der Waals surface area contributed by atoms with Crippen LogP contribution in [0.4, 0.5) is 0 Å². The highest BCUT2D eigenvalue weighted by Gasteiger charge is 2.19. The second-order valence-corrected chi connectivity index (χ2v) is 7.29. The number of carbonyl (C=O) groups is 1. The summed E-state index contributed by atoms with van der Waals surface area (Å²) in [5.74, 6) is 2.39. The van der Waals surface area contributed by atoms with Crippen molar-refractivity contribution in [2.45, 2.75) is 19.9 Å². The smallest absolute Gasteiger partial charge is 0.267 e. The van der Waals surface area contributed by atoms with E-state index < -0.39 is 6.04 Å². The monoisotopic (exact) mass is 451 g/mol. The zero-order valence-electron chi connectivity index (χ0n) is 18.4. The van der Waals surface area contributed by atoms with Crippen LogP contribution in [0.15, 0.2) is 59.4 Å². The van der Waals surface area contributed by atoms with Crippen LogP contribution in [0.2, 0.25) is 0 Å². The molecule has 1 aromatic heterocycles. The van der Waals surface area contributed by atoms with Gasteiger partial charge < -0.3 is 24.3 Å². The first-order chi connectivity index (χ1) is 16.0. The lowest BCUT2D eigenvalue weighted by atomic mass is 10.1. The van der Waals surface area contributed by atoms with E-state index in [-0.39, 0.29) is 31.4 Å². The molecule has 0 spiro atoms. The van der Waals surface area contributed by atoms with Crippen molar-refractivity contribution in [2.24, 2.45) is 0 Å². The highest BCUT2D eigenvalue weighted by atomic mass is 16.7. The number of carbonyl (C=O) groups excluding carboxylic acids is 1. The van der Waals surface area contributed by atoms with E-state index in [0.29, 0.717) is 29.5 Å². The van der Waals surface area contributed by atoms with Crippen LogP contribution < -0.4 is 29.8 Å². The maximum absolute atomic E-state index is 12.6. The molecule has 0 fully saturated rings. The first kappa shape index (κ1) is 22.2. The molecule has 1 unspecified atom stereocenters. The van der Waals surface area contributed by atoms with E-state index >= 15 is 0 Å². The molecule has 0 bridgehead atoms. The van der Waals surface area contributed by atoms with Gasteiger partial charge in [0.25, 0.3) is 5.56 Å². The molecular formula is C24H25N3O6. The number of nitrogens with zero attached hydrogens (tertiary/aromatic N) is 2. The second-order valence-electron chi connectivity index (χ2n) is 7.29. The number of benzene rings is 2. The number of nitrogens with one attached hydrogen (secondary N) is 1. The average molecular weight is 451 g/mol. The highest BCUT2D eigenvalue weighted by molar-refractivity contribution is 5.79. The van der Waals surface area contributed by atoms with Crippen molar-refractivity contribution in [3.8, 4) is 34.3 Å². The number of hydrogen-bond donors (Lipinski definition) is 1. The van der Waals surface area contributed by atoms with Crippen molar-refractivity contribution >= 4 is 5.91 Å². The minimum absolute atomic E-state index is 0.172. The van der Waals surface area contributed by atoms with Crippen LogP contribution >= 0.6 is 0 Å². The molecule has 0 radical (unpaired) electrons. The first-order valence-electron chi connectivity index (χ1n) is 10.7. The highest BCUT2D eigenvalue weighted by Crippen LogP contribution is 2.35. The lowest BCUT2D eigenvalue weighted by molar-refractivity contribution is -0.124. The summed E-state index contributed by atoms with van der Waals surface area (Å²) in [6.07, 6.45) is 0. The Hall–Kier alpha value is -4.01. The number of ether oxygens (including phenoxy) is 4. The number of hydrogen-bond acceptors (Lipinski definition) is 7. The first-order valence-corrected chi connectivity index (χ1v) is 10.7. The number of amides is 1. The van der Waals surface area contributed by atoms with E-state index in [1.807, 2.05) is 25.1 Å². The van der Waals surface area contributed by atoms with Gasteiger partial charge in [-0.15, -0.1) is 0 Å². The van der Waals surface area contributed by atoms with Gasteiger partial charge in [0.2, 0.25) is 12.7 Å². The quantitative estimate of drug-likeness (QED) is 0.499. The van der Waals surface area contributed by atoms with Crippen molar-refractivity contribution < 1.29 is 23.7 Å². The van der Waals surface area contributed by atoms with Crippen LogP contribution in [0.25, 0.3) is 11.3 Å². The Bertz CT molecular complexity index is 1180. The van der Waals surface area contributed by atoms with Crippen LogP contribution in [-0.4, -0.2) is 42.2 Å². The summed E-state index contributed by atoms with van der Waals surface area (Å²) in [5.41, 5.74) is 0.934. The van der Waals surface area contributed by atoms with Crippen molar-refractivity contribution in [1.82, 2.24) is 15.1 Å². The van der Waals surface area contributed by atoms with Crippen molar-refractivity contribution in [3.63, 3.8) is 0 Å². The van der Waals surface area contributed by atoms with Crippen LogP contribution in [0.5, 0.6) is 23.0 Å². The zero-order valence-corrected chi connectivity index (χ0v) is 18.4. The Labute approximate surface area is 190 Å². The summed E-state index contributed by atoms with van der Waals surface area (Å²) in [6.45, 7) is 4.89. The third-order valence-corrected chi connectivity index (χ3v) is 5.04. The summed E-state index contributed by atoms with van der Waals surface area (Å²) >= 11 is 0. The Kier molecular flexibility index (Phi) is 6.77. The molecule has 0 saturated heterocycles. The third-order valence-electron chi connectivity index (χ3n) is 5.04. The minimum atomic E-state index is -0.795. The van der Waals surface area contributed by atoms with Gasteiger partial charge in [0, 0.05) is 11.6 Å². The molecule has 1 aliphatic heterocycles. The normalized spacial score (nSPS) is 12.8. The molecule has 0 aliphatic carbocycles. The molecule has 1 amide bonds.